The van der Waals surface area contributed by atoms with Gasteiger partial charge in [-0.05, 0) is 63.0 Å². The minimum atomic E-state index is 0.695. The number of benzene rings is 7. The van der Waals surface area contributed by atoms with Crippen LogP contribution in [0.15, 0.2) is 182 Å². The van der Waals surface area contributed by atoms with Crippen LogP contribution < -0.4 is 0 Å². The molecule has 10 rings (SSSR count). The number of rotatable bonds is 5. The molecule has 0 fully saturated rings. The van der Waals surface area contributed by atoms with E-state index in [0.29, 0.717) is 5.82 Å². The molecule has 0 aliphatic carbocycles. The number of hydrogen-bond acceptors (Lipinski definition) is 4. The van der Waals surface area contributed by atoms with Crippen LogP contribution in [0.5, 0.6) is 0 Å². The second-order valence-electron chi connectivity index (χ2n) is 13.1. The summed E-state index contributed by atoms with van der Waals surface area (Å²) in [5, 5.41) is 6.96. The van der Waals surface area contributed by atoms with E-state index >= 15 is 0 Å². The summed E-state index contributed by atoms with van der Waals surface area (Å²) in [4.78, 5) is 19.9. The van der Waals surface area contributed by atoms with Crippen molar-refractivity contribution in [3.8, 4) is 56.3 Å². The first-order valence-corrected chi connectivity index (χ1v) is 17.5. The quantitative estimate of drug-likeness (QED) is 0.172. The summed E-state index contributed by atoms with van der Waals surface area (Å²) in [6.45, 7) is 0. The first kappa shape index (κ1) is 29.8. The zero-order valence-corrected chi connectivity index (χ0v) is 28.1. The maximum atomic E-state index is 5.13. The van der Waals surface area contributed by atoms with Gasteiger partial charge in [0.2, 0.25) is 0 Å². The lowest BCUT2D eigenvalue weighted by Crippen LogP contribution is -1.96. The molecule has 0 unspecified atom stereocenters. The van der Waals surface area contributed by atoms with Crippen LogP contribution in [0, 0.1) is 0 Å². The minimum absolute atomic E-state index is 0.695. The third kappa shape index (κ3) is 5.44. The Labute approximate surface area is 300 Å². The molecule has 4 nitrogen and oxygen atoms in total. The Kier molecular flexibility index (Phi) is 7.10. The zero-order valence-electron chi connectivity index (χ0n) is 28.1. The lowest BCUT2D eigenvalue weighted by molar-refractivity contribution is 1.18. The zero-order chi connectivity index (χ0) is 34.4. The second kappa shape index (κ2) is 12.4. The van der Waals surface area contributed by atoms with Gasteiger partial charge in [-0.25, -0.2) is 15.0 Å². The summed E-state index contributed by atoms with van der Waals surface area (Å²) in [5.41, 5.74) is 11.0. The average Bonchev–Trinajstić information content (AvgIpc) is 3.23. The Hall–Kier alpha value is -7.04. The summed E-state index contributed by atoms with van der Waals surface area (Å²) < 4.78 is 0. The van der Waals surface area contributed by atoms with E-state index in [1.54, 1.807) is 0 Å². The van der Waals surface area contributed by atoms with Gasteiger partial charge in [-0.1, -0.05) is 146 Å². The first-order chi connectivity index (χ1) is 25.7. The third-order valence-corrected chi connectivity index (χ3v) is 9.91. The molecule has 0 amide bonds. The number of hydrogen-bond donors (Lipinski definition) is 0. The van der Waals surface area contributed by atoms with E-state index in [4.69, 9.17) is 15.0 Å². The van der Waals surface area contributed by atoms with E-state index in [1.807, 2.05) is 12.3 Å². The van der Waals surface area contributed by atoms with Crippen LogP contribution in [0.25, 0.3) is 99.6 Å². The monoisotopic (exact) mass is 662 g/mol. The van der Waals surface area contributed by atoms with Crippen molar-refractivity contribution in [3.63, 3.8) is 0 Å². The van der Waals surface area contributed by atoms with Crippen LogP contribution >= 0.6 is 0 Å². The van der Waals surface area contributed by atoms with E-state index in [-0.39, 0.29) is 0 Å². The lowest BCUT2D eigenvalue weighted by atomic mass is 10.00. The highest BCUT2D eigenvalue weighted by Crippen LogP contribution is 2.33. The molecule has 0 N–H and O–H groups in total. The molecule has 7 aromatic carbocycles. The molecule has 0 aliphatic rings. The molecule has 0 saturated carbocycles. The Morgan fingerprint density at radius 2 is 0.731 bits per heavy atom. The van der Waals surface area contributed by atoms with Crippen molar-refractivity contribution in [1.82, 2.24) is 19.9 Å². The number of fused-ring (bicyclic) bond motifs is 5. The molecule has 0 spiro atoms. The summed E-state index contributed by atoms with van der Waals surface area (Å²) in [7, 11) is 0. The van der Waals surface area contributed by atoms with Crippen LogP contribution in [0.3, 0.4) is 0 Å². The molecule has 0 saturated heterocycles. The van der Waals surface area contributed by atoms with Gasteiger partial charge >= 0.3 is 0 Å². The largest absolute Gasteiger partial charge is 0.254 e. The van der Waals surface area contributed by atoms with Crippen molar-refractivity contribution in [2.45, 2.75) is 0 Å². The summed E-state index contributed by atoms with van der Waals surface area (Å²) in [6, 6.07) is 61.6. The van der Waals surface area contributed by atoms with Crippen LogP contribution in [0.4, 0.5) is 0 Å². The first-order valence-electron chi connectivity index (χ1n) is 17.5. The maximum Gasteiger partial charge on any atom is 0.160 e. The Morgan fingerprint density at radius 3 is 1.35 bits per heavy atom. The second-order valence-corrected chi connectivity index (χ2v) is 13.1. The molecule has 3 heterocycles. The van der Waals surface area contributed by atoms with Crippen LogP contribution in [0.1, 0.15) is 0 Å². The van der Waals surface area contributed by atoms with Crippen LogP contribution in [-0.2, 0) is 0 Å². The average molecular weight is 663 g/mol. The van der Waals surface area contributed by atoms with Gasteiger partial charge < -0.3 is 0 Å². The predicted molar refractivity (Wildman–Crippen MR) is 215 cm³/mol. The molecular weight excluding hydrogens is 633 g/mol. The Morgan fingerprint density at radius 1 is 0.269 bits per heavy atom. The van der Waals surface area contributed by atoms with Gasteiger partial charge in [0, 0.05) is 39.2 Å². The van der Waals surface area contributed by atoms with Gasteiger partial charge in [0.15, 0.2) is 5.82 Å². The highest BCUT2D eigenvalue weighted by molar-refractivity contribution is 6.03. The fourth-order valence-electron chi connectivity index (χ4n) is 7.10. The van der Waals surface area contributed by atoms with Gasteiger partial charge in [-0.2, -0.15) is 0 Å². The number of aromatic nitrogens is 4. The molecule has 10 aromatic rings. The van der Waals surface area contributed by atoms with Crippen molar-refractivity contribution in [2.75, 3.05) is 0 Å². The van der Waals surface area contributed by atoms with Gasteiger partial charge in [-0.3, -0.25) is 4.98 Å². The number of nitrogens with zero attached hydrogens (tertiary/aromatic N) is 4. The molecule has 0 atom stereocenters. The smallest absolute Gasteiger partial charge is 0.160 e. The summed E-state index contributed by atoms with van der Waals surface area (Å²) >= 11 is 0. The molecular formula is C48H30N4. The molecule has 0 radical (unpaired) electrons. The van der Waals surface area contributed by atoms with E-state index in [2.05, 4.69) is 175 Å². The standard InChI is InChI=1S/C48H30N4/c1-3-8-39-28-41(23-15-31(39)6-1)44-30-45(42-24-16-32-7-2-4-9-40(32)29-42)52-48(51-44)38-21-13-34(14-22-38)33-11-17-35(18-12-33)43-26-25-37-20-19-36-10-5-27-49-46(36)47(37)50-43/h1-30H. The van der Waals surface area contributed by atoms with Gasteiger partial charge in [-0.15, -0.1) is 0 Å². The molecule has 52 heavy (non-hydrogen) atoms. The normalized spacial score (nSPS) is 11.5. The molecule has 0 aliphatic heterocycles. The highest BCUT2D eigenvalue weighted by atomic mass is 14.9. The van der Waals surface area contributed by atoms with Crippen molar-refractivity contribution in [2.24, 2.45) is 0 Å². The topological polar surface area (TPSA) is 51.6 Å². The number of pyridine rings is 2. The maximum absolute atomic E-state index is 5.13. The van der Waals surface area contributed by atoms with Crippen molar-refractivity contribution in [3.05, 3.63) is 182 Å². The molecule has 3 aromatic heterocycles. The molecule has 0 bridgehead atoms. The van der Waals surface area contributed by atoms with Gasteiger partial charge in [0.25, 0.3) is 0 Å². The van der Waals surface area contributed by atoms with E-state index in [1.165, 1.54) is 21.5 Å². The summed E-state index contributed by atoms with van der Waals surface area (Å²) in [5.74, 6) is 0.695. The Bertz CT molecular complexity index is 2850. The molecule has 242 valence electrons. The van der Waals surface area contributed by atoms with Crippen molar-refractivity contribution < 1.29 is 0 Å². The van der Waals surface area contributed by atoms with E-state index < -0.39 is 0 Å². The van der Waals surface area contributed by atoms with Gasteiger partial charge in [0.1, 0.15) is 0 Å². The van der Waals surface area contributed by atoms with Crippen molar-refractivity contribution in [1.29, 1.82) is 0 Å². The SMILES string of the molecule is c1ccc2cc(-c3cc(-c4ccc5ccccc5c4)nc(-c4ccc(-c5ccc(-c6ccc7ccc8cccnc8c7n6)cc5)cc4)n3)ccc2c1. The predicted octanol–water partition coefficient (Wildman–Crippen LogP) is 12.2. The summed E-state index contributed by atoms with van der Waals surface area (Å²) in [6.07, 6.45) is 1.83. The fraction of sp³-hybridized carbons (Fsp3) is 0. The van der Waals surface area contributed by atoms with Crippen molar-refractivity contribution >= 4 is 43.4 Å². The third-order valence-electron chi connectivity index (χ3n) is 9.91. The van der Waals surface area contributed by atoms with E-state index in [9.17, 15) is 0 Å². The minimum Gasteiger partial charge on any atom is -0.254 e. The molecule has 4 heteroatoms. The Balaban J connectivity index is 0.999. The van der Waals surface area contributed by atoms with Crippen LogP contribution in [-0.4, -0.2) is 19.9 Å². The highest BCUT2D eigenvalue weighted by Gasteiger charge is 2.13. The fourth-order valence-corrected chi connectivity index (χ4v) is 7.10. The van der Waals surface area contributed by atoms with Gasteiger partial charge in [0.05, 0.1) is 28.1 Å². The van der Waals surface area contributed by atoms with Crippen LogP contribution in [0.2, 0.25) is 0 Å². The van der Waals surface area contributed by atoms with E-state index in [0.717, 1.165) is 72.3 Å². The lowest BCUT2D eigenvalue weighted by Gasteiger charge is -2.11.